The zero-order chi connectivity index (χ0) is 8.06. The number of halogens is 1. The van der Waals surface area contributed by atoms with Crippen molar-refractivity contribution in [3.63, 3.8) is 0 Å². The van der Waals surface area contributed by atoms with Gasteiger partial charge in [0.15, 0.2) is 0 Å². The molecule has 2 nitrogen and oxygen atoms in total. The number of hydrogen-bond donors (Lipinski definition) is 0. The second-order valence-corrected chi connectivity index (χ2v) is 6.44. The Bertz CT molecular complexity index is 260. The van der Waals surface area contributed by atoms with Crippen molar-refractivity contribution in [2.24, 2.45) is 11.8 Å². The maximum Gasteiger partial charge on any atom is 0.235 e. The Morgan fingerprint density at radius 3 is 2.00 bits per heavy atom. The average molecular weight is 195 g/mol. The van der Waals surface area contributed by atoms with Crippen LogP contribution in [0.5, 0.6) is 0 Å². The van der Waals surface area contributed by atoms with Crippen LogP contribution in [0.1, 0.15) is 25.7 Å². The van der Waals surface area contributed by atoms with Gasteiger partial charge in [-0.05, 0) is 37.5 Å². The summed E-state index contributed by atoms with van der Waals surface area (Å²) in [6.45, 7) is 0. The summed E-state index contributed by atoms with van der Waals surface area (Å²) in [5, 5.41) is -0.220. The second kappa shape index (κ2) is 2.36. The van der Waals surface area contributed by atoms with Gasteiger partial charge in [-0.1, -0.05) is 0 Å². The highest BCUT2D eigenvalue weighted by molar-refractivity contribution is 8.14. The summed E-state index contributed by atoms with van der Waals surface area (Å²) in [6, 6.07) is 0. The van der Waals surface area contributed by atoms with E-state index < -0.39 is 9.05 Å². The van der Waals surface area contributed by atoms with Gasteiger partial charge in [0.05, 0.1) is 5.25 Å². The Hall–Kier alpha value is 0.240. The first kappa shape index (κ1) is 7.87. The highest BCUT2D eigenvalue weighted by Gasteiger charge is 2.47. The van der Waals surface area contributed by atoms with Crippen molar-refractivity contribution in [1.29, 1.82) is 0 Å². The van der Waals surface area contributed by atoms with Crippen molar-refractivity contribution < 1.29 is 8.42 Å². The maximum absolute atomic E-state index is 11.0. The first-order chi connectivity index (χ1) is 5.09. The first-order valence-corrected chi connectivity index (χ1v) is 6.40. The van der Waals surface area contributed by atoms with Gasteiger partial charge in [-0.15, -0.1) is 0 Å². The third kappa shape index (κ3) is 1.18. The van der Waals surface area contributed by atoms with Crippen molar-refractivity contribution in [1.82, 2.24) is 0 Å². The monoisotopic (exact) mass is 194 g/mol. The minimum atomic E-state index is -3.26. The molecule has 2 aliphatic rings. The van der Waals surface area contributed by atoms with Gasteiger partial charge < -0.3 is 0 Å². The van der Waals surface area contributed by atoms with Crippen LogP contribution in [0.4, 0.5) is 0 Å². The number of fused-ring (bicyclic) bond motifs is 1. The van der Waals surface area contributed by atoms with Gasteiger partial charge in [-0.3, -0.25) is 0 Å². The highest BCUT2D eigenvalue weighted by Crippen LogP contribution is 2.49. The molecule has 0 bridgehead atoms. The van der Waals surface area contributed by atoms with Crippen LogP contribution in [0, 0.1) is 11.8 Å². The smallest absolute Gasteiger partial charge is 0.212 e. The molecule has 2 fully saturated rings. The van der Waals surface area contributed by atoms with Gasteiger partial charge in [0.2, 0.25) is 9.05 Å². The topological polar surface area (TPSA) is 34.1 Å². The zero-order valence-corrected chi connectivity index (χ0v) is 7.74. The van der Waals surface area contributed by atoms with Crippen molar-refractivity contribution in [2.45, 2.75) is 30.9 Å². The van der Waals surface area contributed by atoms with Crippen LogP contribution in [0.3, 0.4) is 0 Å². The third-order valence-electron chi connectivity index (χ3n) is 3.14. The van der Waals surface area contributed by atoms with Crippen molar-refractivity contribution in [2.75, 3.05) is 0 Å². The van der Waals surface area contributed by atoms with E-state index in [1.165, 1.54) is 6.42 Å². The molecule has 0 N–H and O–H groups in total. The van der Waals surface area contributed by atoms with E-state index in [1.54, 1.807) is 0 Å². The fourth-order valence-corrected chi connectivity index (χ4v) is 4.24. The third-order valence-corrected chi connectivity index (χ3v) is 5.13. The molecular weight excluding hydrogens is 184 g/mol. The molecule has 0 heterocycles. The molecule has 0 aromatic rings. The molecule has 0 saturated heterocycles. The van der Waals surface area contributed by atoms with Crippen LogP contribution in [0.15, 0.2) is 0 Å². The predicted octanol–water partition coefficient (Wildman–Crippen LogP) is 1.74. The van der Waals surface area contributed by atoms with Gasteiger partial charge in [-0.2, -0.15) is 0 Å². The van der Waals surface area contributed by atoms with Crippen LogP contribution < -0.4 is 0 Å². The zero-order valence-electron chi connectivity index (χ0n) is 6.16. The molecule has 0 aromatic heterocycles. The fourth-order valence-electron chi connectivity index (χ4n) is 2.38. The van der Waals surface area contributed by atoms with Crippen LogP contribution in [0.25, 0.3) is 0 Å². The Kier molecular flexibility index (Phi) is 1.69. The molecule has 1 unspecified atom stereocenters. The molecule has 0 radical (unpaired) electrons. The Balaban J connectivity index is 2.18. The van der Waals surface area contributed by atoms with E-state index in [0.717, 1.165) is 19.3 Å². The molecule has 2 aliphatic carbocycles. The Morgan fingerprint density at radius 1 is 1.09 bits per heavy atom. The van der Waals surface area contributed by atoms with E-state index in [0.29, 0.717) is 11.8 Å². The molecule has 2 rings (SSSR count). The normalized spacial score (nSPS) is 43.2. The van der Waals surface area contributed by atoms with Crippen molar-refractivity contribution >= 4 is 19.7 Å². The summed E-state index contributed by atoms with van der Waals surface area (Å²) in [5.41, 5.74) is 0. The van der Waals surface area contributed by atoms with Crippen LogP contribution in [-0.4, -0.2) is 13.7 Å². The molecule has 0 aliphatic heterocycles. The second-order valence-electron chi connectivity index (χ2n) is 3.59. The number of hydrogen-bond acceptors (Lipinski definition) is 2. The molecule has 2 saturated carbocycles. The maximum atomic E-state index is 11.0. The van der Waals surface area contributed by atoms with E-state index in [4.69, 9.17) is 10.7 Å². The van der Waals surface area contributed by atoms with Gasteiger partial charge >= 0.3 is 0 Å². The highest BCUT2D eigenvalue weighted by atomic mass is 35.7. The summed E-state index contributed by atoms with van der Waals surface area (Å²) >= 11 is 0. The summed E-state index contributed by atoms with van der Waals surface area (Å²) in [5.74, 6) is 1.08. The minimum absolute atomic E-state index is 0.220. The lowest BCUT2D eigenvalue weighted by Crippen LogP contribution is -2.31. The number of rotatable bonds is 1. The molecule has 0 aromatic carbocycles. The van der Waals surface area contributed by atoms with Crippen LogP contribution in [0.2, 0.25) is 0 Å². The standard InChI is InChI=1S/C7H11ClO2S/c8-11(9,10)7-4-2-5-1-3-6(5)7/h5-7H,1-4H2/t5-,6-,7?/m0/s1. The van der Waals surface area contributed by atoms with E-state index in [-0.39, 0.29) is 5.25 Å². The van der Waals surface area contributed by atoms with Crippen LogP contribution >= 0.6 is 10.7 Å². The lowest BCUT2D eigenvalue weighted by molar-refractivity contribution is 0.221. The molecule has 0 amide bonds. The Labute approximate surface area is 71.3 Å². The van der Waals surface area contributed by atoms with Gasteiger partial charge in [0.1, 0.15) is 0 Å². The lowest BCUT2D eigenvalue weighted by Gasteiger charge is -2.32. The Morgan fingerprint density at radius 2 is 1.73 bits per heavy atom. The van der Waals surface area contributed by atoms with E-state index in [2.05, 4.69) is 0 Å². The summed E-state index contributed by atoms with van der Waals surface area (Å²) in [4.78, 5) is 0. The van der Waals surface area contributed by atoms with E-state index >= 15 is 0 Å². The lowest BCUT2D eigenvalue weighted by atomic mass is 9.76. The van der Waals surface area contributed by atoms with Gasteiger partial charge in [-0.25, -0.2) is 8.42 Å². The summed E-state index contributed by atoms with van der Waals surface area (Å²) < 4.78 is 22.0. The first-order valence-electron chi connectivity index (χ1n) is 4.02. The molecule has 11 heavy (non-hydrogen) atoms. The SMILES string of the molecule is O=S(=O)(Cl)C1CC[C@@H]2CC[C@H]12. The molecule has 4 heteroatoms. The van der Waals surface area contributed by atoms with E-state index in [1.807, 2.05) is 0 Å². The summed E-state index contributed by atoms with van der Waals surface area (Å²) in [7, 11) is 2.04. The molecular formula is C7H11ClO2S. The average Bonchev–Trinajstić information content (AvgIpc) is 2.05. The largest absolute Gasteiger partial charge is 0.235 e. The van der Waals surface area contributed by atoms with Crippen molar-refractivity contribution in [3.8, 4) is 0 Å². The van der Waals surface area contributed by atoms with Crippen LogP contribution in [-0.2, 0) is 9.05 Å². The molecule has 0 spiro atoms. The molecule has 3 atom stereocenters. The predicted molar refractivity (Wildman–Crippen MR) is 44.0 cm³/mol. The van der Waals surface area contributed by atoms with E-state index in [9.17, 15) is 8.42 Å². The minimum Gasteiger partial charge on any atom is -0.212 e. The van der Waals surface area contributed by atoms with Gasteiger partial charge in [0, 0.05) is 10.7 Å². The molecule has 64 valence electrons. The fraction of sp³-hybridized carbons (Fsp3) is 1.00. The van der Waals surface area contributed by atoms with Crippen molar-refractivity contribution in [3.05, 3.63) is 0 Å². The summed E-state index contributed by atoms with van der Waals surface area (Å²) in [6.07, 6.45) is 4.15. The van der Waals surface area contributed by atoms with Gasteiger partial charge in [0.25, 0.3) is 0 Å². The quantitative estimate of drug-likeness (QED) is 0.596.